The van der Waals surface area contributed by atoms with Gasteiger partial charge in [0.15, 0.2) is 5.95 Å². The van der Waals surface area contributed by atoms with Gasteiger partial charge in [-0.2, -0.15) is 9.51 Å². The first-order valence-corrected chi connectivity index (χ1v) is 8.63. The van der Waals surface area contributed by atoms with Gasteiger partial charge in [0.25, 0.3) is 0 Å². The van der Waals surface area contributed by atoms with Crippen LogP contribution in [0.5, 0.6) is 0 Å². The monoisotopic (exact) mass is 235 g/mol. The molecule has 0 aromatic heterocycles. The Balaban J connectivity index is 3.78. The predicted molar refractivity (Wildman–Crippen MR) is 63.0 cm³/mol. The number of nitrogens with zero attached hydrogens (tertiary/aromatic N) is 2. The fourth-order valence-corrected chi connectivity index (χ4v) is 1.62. The number of nitrogens with two attached hydrogens (primary N) is 1. The molecule has 0 aromatic carbocycles. The summed E-state index contributed by atoms with van der Waals surface area (Å²) in [6, 6.07) is 1.05. The molecule has 0 atom stereocenters. The van der Waals surface area contributed by atoms with Gasteiger partial charge < -0.3 is 4.74 Å². The number of hydrogen-bond donors (Lipinski definition) is 1. The van der Waals surface area contributed by atoms with Gasteiger partial charge in [-0.25, -0.2) is 5.01 Å². The van der Waals surface area contributed by atoms with Crippen molar-refractivity contribution in [1.82, 2.24) is 10.1 Å². The van der Waals surface area contributed by atoms with Crippen molar-refractivity contribution in [3.05, 3.63) is 12.5 Å². The summed E-state index contributed by atoms with van der Waals surface area (Å²) >= 11 is 0. The van der Waals surface area contributed by atoms with Crippen LogP contribution >= 0.6 is 0 Å². The normalized spacial score (nSPS) is 11.9. The Morgan fingerprint density at radius 3 is 2.33 bits per heavy atom. The summed E-state index contributed by atoms with van der Waals surface area (Å²) in [6.07, 6.45) is 0. The van der Waals surface area contributed by atoms with E-state index in [0.717, 1.165) is 16.2 Å². The van der Waals surface area contributed by atoms with Gasteiger partial charge in [-0.1, -0.05) is 19.6 Å². The molecule has 0 aliphatic rings. The first-order chi connectivity index (χ1) is 6.74. The summed E-state index contributed by atoms with van der Waals surface area (Å²) in [6.45, 7) is 10.7. The maximum atomic E-state index is 12.8. The summed E-state index contributed by atoms with van der Waals surface area (Å²) in [4.78, 5) is 0. The van der Waals surface area contributed by atoms with E-state index in [2.05, 4.69) is 26.2 Å². The zero-order valence-electron chi connectivity index (χ0n) is 10.1. The van der Waals surface area contributed by atoms with Crippen molar-refractivity contribution in [2.24, 2.45) is 5.84 Å². The number of ether oxygens (including phenoxy) is 1. The van der Waals surface area contributed by atoms with Crippen LogP contribution < -0.4 is 5.84 Å². The van der Waals surface area contributed by atoms with Crippen LogP contribution in [-0.2, 0) is 4.74 Å². The van der Waals surface area contributed by atoms with Crippen LogP contribution in [0, 0.1) is 0 Å². The highest BCUT2D eigenvalue weighted by molar-refractivity contribution is 6.76. The molecule has 0 saturated heterocycles. The molecule has 4 nitrogen and oxygen atoms in total. The molecule has 0 radical (unpaired) electrons. The van der Waals surface area contributed by atoms with Gasteiger partial charge >= 0.3 is 0 Å². The third kappa shape index (κ3) is 7.49. The van der Waals surface area contributed by atoms with Gasteiger partial charge in [0.05, 0.1) is 0 Å². The molecule has 0 aromatic rings. The first-order valence-electron chi connectivity index (χ1n) is 4.92. The van der Waals surface area contributed by atoms with Crippen LogP contribution in [0.2, 0.25) is 25.7 Å². The molecular weight excluding hydrogens is 213 g/mol. The molecule has 15 heavy (non-hydrogen) atoms. The van der Waals surface area contributed by atoms with Crippen molar-refractivity contribution in [2.45, 2.75) is 25.7 Å². The van der Waals surface area contributed by atoms with E-state index in [1.54, 1.807) is 0 Å². The van der Waals surface area contributed by atoms with Crippen LogP contribution in [0.3, 0.4) is 0 Å². The second-order valence-corrected chi connectivity index (χ2v) is 10.3. The van der Waals surface area contributed by atoms with Crippen molar-refractivity contribution >= 4 is 8.07 Å². The number of hydrogen-bond acceptors (Lipinski definition) is 4. The molecular formula is C9H22FN3OSi. The molecule has 0 amide bonds. The van der Waals surface area contributed by atoms with Gasteiger partial charge in [-0.15, -0.1) is 0 Å². The van der Waals surface area contributed by atoms with Crippen molar-refractivity contribution < 1.29 is 9.13 Å². The van der Waals surface area contributed by atoms with Crippen LogP contribution in [0.1, 0.15) is 0 Å². The van der Waals surface area contributed by atoms with Gasteiger partial charge in [0.1, 0.15) is 6.73 Å². The Labute approximate surface area is 92.4 Å². The smallest absolute Gasteiger partial charge is 0.199 e. The molecule has 6 heteroatoms. The summed E-state index contributed by atoms with van der Waals surface area (Å²) < 4.78 is 18.1. The second-order valence-electron chi connectivity index (χ2n) is 4.70. The van der Waals surface area contributed by atoms with Crippen LogP contribution in [0.15, 0.2) is 12.5 Å². The van der Waals surface area contributed by atoms with Gasteiger partial charge in [0, 0.05) is 21.7 Å². The van der Waals surface area contributed by atoms with E-state index in [9.17, 15) is 4.39 Å². The molecule has 90 valence electrons. The summed E-state index contributed by atoms with van der Waals surface area (Å²) in [5.74, 6) is 4.78. The molecule has 0 rings (SSSR count). The lowest BCUT2D eigenvalue weighted by molar-refractivity contribution is -0.0800. The average Bonchev–Trinajstić information content (AvgIpc) is 2.00. The van der Waals surface area contributed by atoms with E-state index in [1.807, 2.05) is 0 Å². The lowest BCUT2D eigenvalue weighted by Gasteiger charge is -2.27. The Hall–Kier alpha value is -0.433. The van der Waals surface area contributed by atoms with E-state index in [0.29, 0.717) is 6.61 Å². The second kappa shape index (κ2) is 6.22. The Kier molecular flexibility index (Phi) is 6.04. The van der Waals surface area contributed by atoms with Gasteiger partial charge in [-0.3, -0.25) is 5.84 Å². The largest absolute Gasteiger partial charge is 0.360 e. The minimum atomic E-state index is -1.09. The number of halogens is 1. The van der Waals surface area contributed by atoms with Crippen molar-refractivity contribution in [3.63, 3.8) is 0 Å². The molecule has 0 heterocycles. The zero-order valence-corrected chi connectivity index (χ0v) is 11.1. The SMILES string of the molecule is C=C(F)N(COCC[Si](C)(C)C)N(C)N. The molecule has 0 saturated carbocycles. The number of hydrazine groups is 2. The highest BCUT2D eigenvalue weighted by Gasteiger charge is 2.14. The third-order valence-corrected chi connectivity index (χ3v) is 3.57. The van der Waals surface area contributed by atoms with Crippen molar-refractivity contribution in [2.75, 3.05) is 20.4 Å². The fourth-order valence-electron chi connectivity index (χ4n) is 0.862. The molecule has 2 N–H and O–H groups in total. The van der Waals surface area contributed by atoms with E-state index >= 15 is 0 Å². The summed E-state index contributed by atoms with van der Waals surface area (Å²) in [7, 11) is 0.446. The zero-order chi connectivity index (χ0) is 12.1. The van der Waals surface area contributed by atoms with Gasteiger partial charge in [0.2, 0.25) is 0 Å². The Morgan fingerprint density at radius 1 is 1.47 bits per heavy atom. The maximum absolute atomic E-state index is 12.8. The average molecular weight is 235 g/mol. The minimum absolute atomic E-state index is 0.104. The van der Waals surface area contributed by atoms with Crippen LogP contribution in [-0.4, -0.2) is 38.6 Å². The summed E-state index contributed by atoms with van der Waals surface area (Å²) in [5.41, 5.74) is 0. The summed E-state index contributed by atoms with van der Waals surface area (Å²) in [5, 5.41) is 2.25. The fraction of sp³-hybridized carbons (Fsp3) is 0.778. The maximum Gasteiger partial charge on any atom is 0.199 e. The van der Waals surface area contributed by atoms with Crippen molar-refractivity contribution in [3.8, 4) is 0 Å². The predicted octanol–water partition coefficient (Wildman–Crippen LogP) is 1.76. The van der Waals surface area contributed by atoms with E-state index in [4.69, 9.17) is 10.6 Å². The molecule has 0 aliphatic heterocycles. The number of rotatable bonds is 7. The molecule has 0 aliphatic carbocycles. The lowest BCUT2D eigenvalue weighted by atomic mass is 10.8. The molecule has 0 bridgehead atoms. The molecule has 0 spiro atoms. The quantitative estimate of drug-likeness (QED) is 0.182. The van der Waals surface area contributed by atoms with E-state index in [1.165, 1.54) is 7.05 Å². The standard InChI is InChI=1S/C9H22FN3OSi/c1-9(10)13(12(2)11)8-14-6-7-15(3,4)5/h1,6-8,11H2,2-5H3. The first kappa shape index (κ1) is 14.6. The van der Waals surface area contributed by atoms with E-state index in [-0.39, 0.29) is 6.73 Å². The molecule has 0 unspecified atom stereocenters. The Bertz CT molecular complexity index is 206. The third-order valence-electron chi connectivity index (χ3n) is 1.87. The topological polar surface area (TPSA) is 41.7 Å². The van der Waals surface area contributed by atoms with Crippen molar-refractivity contribution in [1.29, 1.82) is 0 Å². The highest BCUT2D eigenvalue weighted by Crippen LogP contribution is 2.09. The minimum Gasteiger partial charge on any atom is -0.360 e. The Morgan fingerprint density at radius 2 is 2.00 bits per heavy atom. The molecule has 0 fully saturated rings. The van der Waals surface area contributed by atoms with E-state index < -0.39 is 14.0 Å². The highest BCUT2D eigenvalue weighted by atomic mass is 28.3. The van der Waals surface area contributed by atoms with Crippen LogP contribution in [0.25, 0.3) is 0 Å². The van der Waals surface area contributed by atoms with Gasteiger partial charge in [-0.05, 0) is 12.6 Å². The lowest BCUT2D eigenvalue weighted by Crippen LogP contribution is -2.44. The van der Waals surface area contributed by atoms with Crippen LogP contribution in [0.4, 0.5) is 4.39 Å².